The van der Waals surface area contributed by atoms with Crippen LogP contribution in [0.1, 0.15) is 5.56 Å². The highest BCUT2D eigenvalue weighted by molar-refractivity contribution is 5.87. The third kappa shape index (κ3) is 2.65. The lowest BCUT2D eigenvalue weighted by Crippen LogP contribution is -2.14. The average molecular weight is 282 g/mol. The van der Waals surface area contributed by atoms with E-state index in [0.29, 0.717) is 12.5 Å². The largest absolute Gasteiger partial charge is 0.365 e. The molecule has 6 nitrogen and oxygen atoms in total. The van der Waals surface area contributed by atoms with Gasteiger partial charge in [0.1, 0.15) is 5.82 Å². The van der Waals surface area contributed by atoms with E-state index in [9.17, 15) is 0 Å². The topological polar surface area (TPSA) is 58.9 Å². The van der Waals surface area contributed by atoms with Crippen molar-refractivity contribution in [1.29, 1.82) is 0 Å². The van der Waals surface area contributed by atoms with Crippen molar-refractivity contribution >= 4 is 22.8 Å². The maximum Gasteiger partial charge on any atom is 0.228 e. The summed E-state index contributed by atoms with van der Waals surface area (Å²) in [5.41, 5.74) is 2.03. The van der Waals surface area contributed by atoms with Gasteiger partial charge in [-0.05, 0) is 5.56 Å². The molecule has 0 aliphatic heterocycles. The molecule has 2 heterocycles. The van der Waals surface area contributed by atoms with E-state index >= 15 is 0 Å². The highest BCUT2D eigenvalue weighted by Gasteiger charge is 2.12. The summed E-state index contributed by atoms with van der Waals surface area (Å²) in [6.07, 6.45) is 1.79. The molecule has 3 aromatic rings. The number of aryl methyl sites for hydroxylation is 1. The van der Waals surface area contributed by atoms with Crippen molar-refractivity contribution in [1.82, 2.24) is 19.7 Å². The van der Waals surface area contributed by atoms with Gasteiger partial charge in [0.2, 0.25) is 5.95 Å². The first-order valence-electron chi connectivity index (χ1n) is 6.80. The summed E-state index contributed by atoms with van der Waals surface area (Å²) in [5.74, 6) is 1.47. The minimum Gasteiger partial charge on any atom is -0.365 e. The maximum atomic E-state index is 4.58. The van der Waals surface area contributed by atoms with Crippen molar-refractivity contribution in [3.8, 4) is 0 Å². The van der Waals surface area contributed by atoms with Gasteiger partial charge in [0.15, 0.2) is 5.65 Å². The Balaban J connectivity index is 1.96. The molecule has 0 unspecified atom stereocenters. The van der Waals surface area contributed by atoms with Gasteiger partial charge in [-0.25, -0.2) is 0 Å². The van der Waals surface area contributed by atoms with Crippen molar-refractivity contribution in [3.63, 3.8) is 0 Å². The minimum absolute atomic E-state index is 0.668. The van der Waals surface area contributed by atoms with Crippen LogP contribution in [0.4, 0.5) is 11.8 Å². The first kappa shape index (κ1) is 13.4. The third-order valence-electron chi connectivity index (χ3n) is 3.28. The Bertz CT molecular complexity index is 747. The summed E-state index contributed by atoms with van der Waals surface area (Å²) in [6, 6.07) is 10.2. The van der Waals surface area contributed by atoms with Crippen LogP contribution in [0.15, 0.2) is 36.5 Å². The van der Waals surface area contributed by atoms with E-state index in [-0.39, 0.29) is 0 Å². The zero-order chi connectivity index (χ0) is 14.8. The summed E-state index contributed by atoms with van der Waals surface area (Å²) in [7, 11) is 5.74. The van der Waals surface area contributed by atoms with Gasteiger partial charge >= 0.3 is 0 Å². The predicted molar refractivity (Wildman–Crippen MR) is 84.4 cm³/mol. The Morgan fingerprint density at radius 2 is 1.90 bits per heavy atom. The molecule has 2 aromatic heterocycles. The lowest BCUT2D eigenvalue weighted by atomic mass is 10.2. The summed E-state index contributed by atoms with van der Waals surface area (Å²) >= 11 is 0. The van der Waals surface area contributed by atoms with Gasteiger partial charge in [0.25, 0.3) is 0 Å². The highest BCUT2D eigenvalue weighted by Crippen LogP contribution is 2.22. The van der Waals surface area contributed by atoms with Crippen molar-refractivity contribution in [3.05, 3.63) is 42.1 Å². The van der Waals surface area contributed by atoms with Crippen molar-refractivity contribution < 1.29 is 0 Å². The number of fused-ring (bicyclic) bond motifs is 1. The van der Waals surface area contributed by atoms with Crippen LogP contribution in [-0.4, -0.2) is 33.8 Å². The zero-order valence-electron chi connectivity index (χ0n) is 12.4. The third-order valence-corrected chi connectivity index (χ3v) is 3.28. The van der Waals surface area contributed by atoms with E-state index in [0.717, 1.165) is 16.9 Å². The van der Waals surface area contributed by atoms with Crippen LogP contribution in [0.5, 0.6) is 0 Å². The summed E-state index contributed by atoms with van der Waals surface area (Å²) < 4.78 is 1.76. The molecule has 0 amide bonds. The van der Waals surface area contributed by atoms with Gasteiger partial charge in [-0.15, -0.1) is 0 Å². The fraction of sp³-hybridized carbons (Fsp3) is 0.267. The Kier molecular flexibility index (Phi) is 3.43. The van der Waals surface area contributed by atoms with E-state index in [2.05, 4.69) is 32.5 Å². The van der Waals surface area contributed by atoms with E-state index in [1.54, 1.807) is 10.9 Å². The van der Waals surface area contributed by atoms with Crippen LogP contribution in [0.25, 0.3) is 11.0 Å². The van der Waals surface area contributed by atoms with E-state index in [4.69, 9.17) is 0 Å². The smallest absolute Gasteiger partial charge is 0.228 e. The van der Waals surface area contributed by atoms with Crippen LogP contribution in [-0.2, 0) is 13.6 Å². The molecular weight excluding hydrogens is 264 g/mol. The van der Waals surface area contributed by atoms with E-state index in [1.165, 1.54) is 5.56 Å². The molecule has 6 heteroatoms. The maximum absolute atomic E-state index is 4.58. The lowest BCUT2D eigenvalue weighted by molar-refractivity contribution is 0.784. The second-order valence-electron chi connectivity index (χ2n) is 5.11. The average Bonchev–Trinajstić information content (AvgIpc) is 2.87. The van der Waals surface area contributed by atoms with Crippen molar-refractivity contribution in [2.45, 2.75) is 6.54 Å². The van der Waals surface area contributed by atoms with Gasteiger partial charge in [-0.2, -0.15) is 15.1 Å². The number of nitrogens with one attached hydrogen (secondary N) is 1. The normalized spacial score (nSPS) is 10.8. The molecule has 0 atom stereocenters. The van der Waals surface area contributed by atoms with Crippen LogP contribution in [0.2, 0.25) is 0 Å². The monoisotopic (exact) mass is 282 g/mol. The van der Waals surface area contributed by atoms with Crippen LogP contribution >= 0.6 is 0 Å². The molecule has 0 fully saturated rings. The molecule has 1 N–H and O–H groups in total. The molecule has 0 radical (unpaired) electrons. The quantitative estimate of drug-likeness (QED) is 0.793. The Labute approximate surface area is 123 Å². The summed E-state index contributed by atoms with van der Waals surface area (Å²) in [5, 5.41) is 8.58. The van der Waals surface area contributed by atoms with Crippen molar-refractivity contribution in [2.75, 3.05) is 24.3 Å². The molecular formula is C15H18N6. The number of anilines is 2. The van der Waals surface area contributed by atoms with Gasteiger partial charge < -0.3 is 10.2 Å². The van der Waals surface area contributed by atoms with Gasteiger partial charge in [-0.3, -0.25) is 4.68 Å². The molecule has 0 aliphatic rings. The van der Waals surface area contributed by atoms with Crippen LogP contribution in [0, 0.1) is 0 Å². The Morgan fingerprint density at radius 3 is 2.62 bits per heavy atom. The molecule has 3 rings (SSSR count). The lowest BCUT2D eigenvalue weighted by Gasteiger charge is -2.13. The number of rotatable bonds is 4. The first-order chi connectivity index (χ1) is 10.1. The second kappa shape index (κ2) is 5.40. The van der Waals surface area contributed by atoms with E-state index in [1.807, 2.05) is 44.2 Å². The fourth-order valence-electron chi connectivity index (χ4n) is 2.13. The fourth-order valence-corrected chi connectivity index (χ4v) is 2.13. The molecule has 0 saturated carbocycles. The molecule has 0 bridgehead atoms. The SMILES string of the molecule is CN(C)c1nc(NCc2ccccc2)c2cnn(C)c2n1. The number of aromatic nitrogens is 4. The van der Waals surface area contributed by atoms with Gasteiger partial charge in [-0.1, -0.05) is 30.3 Å². The molecule has 1 aromatic carbocycles. The zero-order valence-corrected chi connectivity index (χ0v) is 12.4. The minimum atomic E-state index is 0.668. The standard InChI is InChI=1S/C15H18N6/c1-20(2)15-18-13(12-10-17-21(3)14(12)19-15)16-9-11-7-5-4-6-8-11/h4-8,10H,9H2,1-3H3,(H,16,18,19). The summed E-state index contributed by atoms with van der Waals surface area (Å²) in [6.45, 7) is 0.717. The van der Waals surface area contributed by atoms with Crippen LogP contribution in [0.3, 0.4) is 0 Å². The van der Waals surface area contributed by atoms with E-state index < -0.39 is 0 Å². The second-order valence-corrected chi connectivity index (χ2v) is 5.11. The molecule has 21 heavy (non-hydrogen) atoms. The molecule has 108 valence electrons. The first-order valence-corrected chi connectivity index (χ1v) is 6.80. The summed E-state index contributed by atoms with van der Waals surface area (Å²) in [4.78, 5) is 11.0. The van der Waals surface area contributed by atoms with Crippen LogP contribution < -0.4 is 10.2 Å². The van der Waals surface area contributed by atoms with Gasteiger partial charge in [0, 0.05) is 27.7 Å². The number of hydrogen-bond acceptors (Lipinski definition) is 5. The predicted octanol–water partition coefficient (Wildman–Crippen LogP) is 2.04. The number of benzene rings is 1. The Hall–Kier alpha value is -2.63. The van der Waals surface area contributed by atoms with Crippen molar-refractivity contribution in [2.24, 2.45) is 7.05 Å². The van der Waals surface area contributed by atoms with Gasteiger partial charge in [0.05, 0.1) is 11.6 Å². The highest BCUT2D eigenvalue weighted by atomic mass is 15.3. The molecule has 0 aliphatic carbocycles. The molecule has 0 spiro atoms. The number of nitrogens with zero attached hydrogens (tertiary/aromatic N) is 5. The molecule has 0 saturated heterocycles. The Morgan fingerprint density at radius 1 is 1.14 bits per heavy atom. The number of hydrogen-bond donors (Lipinski definition) is 1.